The van der Waals surface area contributed by atoms with Crippen molar-refractivity contribution < 1.29 is 0 Å². The molecule has 128 valence electrons. The van der Waals surface area contributed by atoms with Crippen LogP contribution in [-0.4, -0.2) is 12.3 Å². The number of aliphatic imine (C=N–C) groups is 1. The van der Waals surface area contributed by atoms with Crippen LogP contribution in [0.4, 0.5) is 11.4 Å². The molecule has 0 amide bonds. The van der Waals surface area contributed by atoms with Gasteiger partial charge in [0.05, 0.1) is 16.4 Å². The van der Waals surface area contributed by atoms with Crippen LogP contribution in [-0.2, 0) is 5.41 Å². The van der Waals surface area contributed by atoms with Crippen LogP contribution in [0.15, 0.2) is 69.5 Å². The average molecular weight is 349 g/mol. The van der Waals surface area contributed by atoms with Gasteiger partial charge in [-0.05, 0) is 43.5 Å². The predicted octanol–water partition coefficient (Wildman–Crippen LogP) is 6.30. The van der Waals surface area contributed by atoms with E-state index >= 15 is 0 Å². The largest absolute Gasteiger partial charge is 0.336 e. The highest BCUT2D eigenvalue weighted by atomic mass is 32.2. The van der Waals surface area contributed by atoms with Gasteiger partial charge in [0, 0.05) is 22.6 Å². The van der Waals surface area contributed by atoms with Gasteiger partial charge >= 0.3 is 0 Å². The highest BCUT2D eigenvalue weighted by molar-refractivity contribution is 8.03. The van der Waals surface area contributed by atoms with Crippen LogP contribution >= 0.6 is 11.8 Å². The van der Waals surface area contributed by atoms with Gasteiger partial charge in [0.25, 0.3) is 0 Å². The van der Waals surface area contributed by atoms with Gasteiger partial charge in [0.2, 0.25) is 0 Å². The summed E-state index contributed by atoms with van der Waals surface area (Å²) in [4.78, 5) is 8.69. The Labute approximate surface area is 154 Å². The Kier molecular flexibility index (Phi) is 4.20. The van der Waals surface area contributed by atoms with Crippen molar-refractivity contribution >= 4 is 28.8 Å². The Morgan fingerprint density at radius 1 is 1.08 bits per heavy atom. The van der Waals surface area contributed by atoms with Crippen LogP contribution in [0.3, 0.4) is 0 Å². The number of para-hydroxylation sites is 2. The van der Waals surface area contributed by atoms with E-state index in [1.54, 1.807) is 0 Å². The second-order valence-corrected chi connectivity index (χ2v) is 8.16. The highest BCUT2D eigenvalue weighted by Crippen LogP contribution is 2.46. The summed E-state index contributed by atoms with van der Waals surface area (Å²) in [5.41, 5.74) is 5.19. The molecule has 2 nitrogen and oxygen atoms in total. The first-order chi connectivity index (χ1) is 12.1. The number of hydrogen-bond acceptors (Lipinski definition) is 3. The number of anilines is 1. The molecule has 0 saturated carbocycles. The van der Waals surface area contributed by atoms with Crippen molar-refractivity contribution in [3.05, 3.63) is 65.2 Å². The first kappa shape index (κ1) is 16.5. The maximum Gasteiger partial charge on any atom is 0.0760 e. The van der Waals surface area contributed by atoms with Gasteiger partial charge in [0.15, 0.2) is 0 Å². The summed E-state index contributed by atoms with van der Waals surface area (Å²) in [6.45, 7) is 7.82. The number of rotatable bonds is 4. The smallest absolute Gasteiger partial charge is 0.0760 e. The molecule has 2 aliphatic rings. The molecule has 0 spiro atoms. The molecule has 0 aliphatic carbocycles. The Morgan fingerprint density at radius 3 is 2.64 bits per heavy atom. The summed E-state index contributed by atoms with van der Waals surface area (Å²) >= 11 is 1.89. The fourth-order valence-corrected chi connectivity index (χ4v) is 4.97. The second kappa shape index (κ2) is 6.38. The van der Waals surface area contributed by atoms with E-state index in [2.05, 4.69) is 80.3 Å². The third-order valence-corrected chi connectivity index (χ3v) is 6.37. The van der Waals surface area contributed by atoms with Gasteiger partial charge in [-0.15, -0.1) is 0 Å². The van der Waals surface area contributed by atoms with E-state index in [0.717, 1.165) is 25.1 Å². The van der Waals surface area contributed by atoms with Crippen LogP contribution in [0.25, 0.3) is 0 Å². The zero-order valence-electron chi connectivity index (χ0n) is 15.1. The number of thioether (sulfide) groups is 1. The van der Waals surface area contributed by atoms with Crippen LogP contribution in [0.2, 0.25) is 0 Å². The maximum atomic E-state index is 4.91. The van der Waals surface area contributed by atoms with Crippen molar-refractivity contribution in [1.29, 1.82) is 0 Å². The molecule has 2 heterocycles. The summed E-state index contributed by atoms with van der Waals surface area (Å²) in [6.07, 6.45) is 4.43. The summed E-state index contributed by atoms with van der Waals surface area (Å²) in [6, 6.07) is 17.2. The lowest BCUT2D eigenvalue weighted by Crippen LogP contribution is -2.25. The molecule has 0 saturated heterocycles. The zero-order valence-corrected chi connectivity index (χ0v) is 15.9. The lowest BCUT2D eigenvalue weighted by molar-refractivity contribution is 0.716. The first-order valence-electron chi connectivity index (χ1n) is 9.03. The van der Waals surface area contributed by atoms with Crippen molar-refractivity contribution in [2.45, 2.75) is 43.9 Å². The molecule has 2 aromatic carbocycles. The predicted molar refractivity (Wildman–Crippen MR) is 109 cm³/mol. The Morgan fingerprint density at radius 2 is 1.84 bits per heavy atom. The van der Waals surface area contributed by atoms with Crippen molar-refractivity contribution in [3.8, 4) is 0 Å². The molecule has 2 aliphatic heterocycles. The molecule has 0 unspecified atom stereocenters. The minimum atomic E-state index is 0.0469. The van der Waals surface area contributed by atoms with E-state index in [1.165, 1.54) is 26.9 Å². The third kappa shape index (κ3) is 2.81. The average Bonchev–Trinajstić information content (AvgIpc) is 3.10. The van der Waals surface area contributed by atoms with Crippen LogP contribution in [0, 0.1) is 0 Å². The van der Waals surface area contributed by atoms with E-state index in [1.807, 2.05) is 11.8 Å². The summed E-state index contributed by atoms with van der Waals surface area (Å²) < 4.78 is 0. The number of nitrogens with zero attached hydrogens (tertiary/aromatic N) is 2. The number of benzene rings is 2. The number of fused-ring (bicyclic) bond motifs is 2. The summed E-state index contributed by atoms with van der Waals surface area (Å²) in [5, 5.41) is 1.36. The fraction of sp³-hybridized carbons (Fsp3) is 0.318. The third-order valence-electron chi connectivity index (χ3n) is 5.21. The molecule has 4 rings (SSSR count). The van der Waals surface area contributed by atoms with Gasteiger partial charge in [-0.2, -0.15) is 0 Å². The van der Waals surface area contributed by atoms with Crippen molar-refractivity contribution in [1.82, 2.24) is 0 Å². The topological polar surface area (TPSA) is 15.6 Å². The molecule has 0 N–H and O–H groups in total. The fourth-order valence-electron chi connectivity index (χ4n) is 3.77. The van der Waals surface area contributed by atoms with Crippen molar-refractivity contribution in [2.24, 2.45) is 4.99 Å². The molecule has 2 aromatic rings. The minimum absolute atomic E-state index is 0.0469. The van der Waals surface area contributed by atoms with E-state index in [4.69, 9.17) is 4.99 Å². The van der Waals surface area contributed by atoms with Gasteiger partial charge in [-0.1, -0.05) is 62.0 Å². The number of allylic oxidation sites excluding steroid dienone is 1. The maximum absolute atomic E-state index is 4.91. The molecule has 0 radical (unpaired) electrons. The Hall–Kier alpha value is -2.00. The van der Waals surface area contributed by atoms with Gasteiger partial charge in [-0.25, -0.2) is 0 Å². The molecule has 0 atom stereocenters. The molecule has 25 heavy (non-hydrogen) atoms. The normalized spacial score (nSPS) is 19.1. The van der Waals surface area contributed by atoms with Crippen LogP contribution in [0.1, 0.15) is 39.2 Å². The SMILES string of the molecule is CCN1/C(=C\CCC2=Nc3ccccc3C2(C)C)Sc2ccccc21. The Balaban J connectivity index is 1.49. The van der Waals surface area contributed by atoms with Crippen molar-refractivity contribution in [2.75, 3.05) is 11.4 Å². The monoisotopic (exact) mass is 348 g/mol. The zero-order chi connectivity index (χ0) is 17.4. The van der Waals surface area contributed by atoms with E-state index in [9.17, 15) is 0 Å². The van der Waals surface area contributed by atoms with Gasteiger partial charge in [0.1, 0.15) is 0 Å². The standard InChI is InChI=1S/C22H24N2S/c1-4-24-18-12-7-8-13-19(18)25-21(24)15-9-14-20-22(2,3)16-10-5-6-11-17(16)23-20/h5-8,10-13,15H,4,9,14H2,1-3H3/b21-15+. The van der Waals surface area contributed by atoms with E-state index in [0.29, 0.717) is 0 Å². The molecule has 0 aromatic heterocycles. The van der Waals surface area contributed by atoms with Crippen LogP contribution in [0.5, 0.6) is 0 Å². The molecule has 0 bridgehead atoms. The number of hydrogen-bond donors (Lipinski definition) is 0. The minimum Gasteiger partial charge on any atom is -0.336 e. The molecular weight excluding hydrogens is 324 g/mol. The highest BCUT2D eigenvalue weighted by Gasteiger charge is 2.33. The van der Waals surface area contributed by atoms with Crippen molar-refractivity contribution in [3.63, 3.8) is 0 Å². The Bertz CT molecular complexity index is 864. The lowest BCUT2D eigenvalue weighted by Gasteiger charge is -2.22. The van der Waals surface area contributed by atoms with E-state index in [-0.39, 0.29) is 5.41 Å². The van der Waals surface area contributed by atoms with Crippen LogP contribution < -0.4 is 4.90 Å². The molecule has 0 fully saturated rings. The second-order valence-electron chi connectivity index (χ2n) is 7.10. The van der Waals surface area contributed by atoms with E-state index < -0.39 is 0 Å². The van der Waals surface area contributed by atoms with Gasteiger partial charge in [-0.3, -0.25) is 4.99 Å². The first-order valence-corrected chi connectivity index (χ1v) is 9.85. The molecule has 3 heteroatoms. The van der Waals surface area contributed by atoms with Gasteiger partial charge < -0.3 is 4.90 Å². The lowest BCUT2D eigenvalue weighted by atomic mass is 9.80. The summed E-state index contributed by atoms with van der Waals surface area (Å²) in [7, 11) is 0. The quantitative estimate of drug-likeness (QED) is 0.644. The summed E-state index contributed by atoms with van der Waals surface area (Å²) in [5.74, 6) is 0. The molecular formula is C22H24N2S.